The van der Waals surface area contributed by atoms with E-state index in [1.54, 1.807) is 19.3 Å². The molecule has 2 unspecified atom stereocenters. The lowest BCUT2D eigenvalue weighted by Gasteiger charge is -2.16. The van der Waals surface area contributed by atoms with Gasteiger partial charge in [-0.2, -0.15) is 0 Å². The van der Waals surface area contributed by atoms with Crippen LogP contribution in [0.15, 0.2) is 47.1 Å². The molecular formula is C22H27N5O4. The Morgan fingerprint density at radius 3 is 2.84 bits per heavy atom. The maximum atomic E-state index is 12.3. The lowest BCUT2D eigenvalue weighted by atomic mass is 9.98. The fraction of sp³-hybridized carbons (Fsp3) is 0.364. The molecule has 1 aromatic carbocycles. The van der Waals surface area contributed by atoms with Crippen molar-refractivity contribution in [1.82, 2.24) is 20.0 Å². The smallest absolute Gasteiger partial charge is 0.262 e. The summed E-state index contributed by atoms with van der Waals surface area (Å²) in [6.45, 7) is 1.87. The van der Waals surface area contributed by atoms with Gasteiger partial charge in [-0.15, -0.1) is 0 Å². The molecule has 2 fully saturated rings. The van der Waals surface area contributed by atoms with E-state index in [0.717, 1.165) is 29.8 Å². The first kappa shape index (κ1) is 19.7. The second-order valence-electron chi connectivity index (χ2n) is 7.96. The number of nitrogens with one attached hydrogen (secondary N) is 1. The average molecular weight is 425 g/mol. The van der Waals surface area contributed by atoms with Crippen LogP contribution in [0.4, 0.5) is 5.95 Å². The first-order chi connectivity index (χ1) is 15.0. The van der Waals surface area contributed by atoms with Crippen LogP contribution in [0.3, 0.4) is 0 Å². The van der Waals surface area contributed by atoms with E-state index >= 15 is 0 Å². The maximum Gasteiger partial charge on any atom is 0.262 e. The molecule has 9 heteroatoms. The summed E-state index contributed by atoms with van der Waals surface area (Å²) in [6, 6.07) is 11.4. The molecule has 1 amide bonds. The average Bonchev–Trinajstić information content (AvgIpc) is 3.54. The van der Waals surface area contributed by atoms with Crippen molar-refractivity contribution in [2.75, 3.05) is 32.1 Å². The minimum atomic E-state index is -1.66. The number of aromatic nitrogens is 3. The third-order valence-corrected chi connectivity index (χ3v) is 5.80. The maximum absolute atomic E-state index is 12.3. The van der Waals surface area contributed by atoms with E-state index in [2.05, 4.69) is 20.4 Å². The molecule has 2 saturated heterocycles. The first-order valence-corrected chi connectivity index (χ1v) is 10.3. The van der Waals surface area contributed by atoms with E-state index < -0.39 is 5.60 Å². The first-order valence-electron chi connectivity index (χ1n) is 10.3. The molecule has 9 nitrogen and oxygen atoms in total. The summed E-state index contributed by atoms with van der Waals surface area (Å²) in [6.07, 6.45) is 2.93. The van der Waals surface area contributed by atoms with E-state index in [9.17, 15) is 9.90 Å². The molecule has 0 radical (unpaired) electrons. The molecule has 164 valence electrons. The van der Waals surface area contributed by atoms with Crippen LogP contribution in [-0.2, 0) is 15.1 Å². The van der Waals surface area contributed by atoms with Gasteiger partial charge in [-0.3, -0.25) is 4.79 Å². The highest BCUT2D eigenvalue weighted by Crippen LogP contribution is 2.35. The minimum absolute atomic E-state index is 0. The van der Waals surface area contributed by atoms with Crippen LogP contribution in [-0.4, -0.2) is 63.9 Å². The predicted octanol–water partition coefficient (Wildman–Crippen LogP) is 2.54. The number of benzene rings is 1. The van der Waals surface area contributed by atoms with Crippen LogP contribution in [0, 0.1) is 0 Å². The molecule has 2 aliphatic heterocycles. The highest BCUT2D eigenvalue weighted by molar-refractivity contribution is 5.87. The summed E-state index contributed by atoms with van der Waals surface area (Å²) in [5, 5.41) is 18.2. The fourth-order valence-corrected chi connectivity index (χ4v) is 3.95. The molecule has 0 saturated carbocycles. The SMILES string of the molecule is CN1CCC(O)(c2cc(-c3cccc(-c4ccnc(NC5CCOC5)n4)c3)no2)C1=O.[HH].[HH]. The monoisotopic (exact) mass is 425 g/mol. The molecule has 2 aliphatic rings. The number of nitrogens with zero attached hydrogens (tertiary/aromatic N) is 4. The number of carbonyl (C=O) groups excluding carboxylic acids is 1. The van der Waals surface area contributed by atoms with Crippen LogP contribution < -0.4 is 5.32 Å². The minimum Gasteiger partial charge on any atom is -0.379 e. The van der Waals surface area contributed by atoms with Crippen LogP contribution in [0.2, 0.25) is 0 Å². The van der Waals surface area contributed by atoms with Gasteiger partial charge in [-0.05, 0) is 18.6 Å². The Kier molecular flexibility index (Phi) is 4.91. The van der Waals surface area contributed by atoms with Gasteiger partial charge >= 0.3 is 0 Å². The molecular weight excluding hydrogens is 398 g/mol. The molecule has 3 aromatic rings. The Morgan fingerprint density at radius 1 is 1.26 bits per heavy atom. The van der Waals surface area contributed by atoms with E-state index in [4.69, 9.17) is 9.26 Å². The number of hydrogen-bond donors (Lipinski definition) is 2. The van der Waals surface area contributed by atoms with Crippen molar-refractivity contribution in [3.63, 3.8) is 0 Å². The molecule has 5 rings (SSSR count). The quantitative estimate of drug-likeness (QED) is 0.641. The second kappa shape index (κ2) is 7.75. The van der Waals surface area contributed by atoms with Gasteiger partial charge in [0.2, 0.25) is 11.5 Å². The summed E-state index contributed by atoms with van der Waals surface area (Å²) < 4.78 is 10.8. The molecule has 0 aliphatic carbocycles. The van der Waals surface area contributed by atoms with Crippen molar-refractivity contribution in [3.8, 4) is 22.5 Å². The number of amides is 1. The number of hydrogen-bond acceptors (Lipinski definition) is 8. The standard InChI is InChI=1S/C22H23N5O4.2H2/c1-27-9-7-22(29,20(27)28)19-12-18(26-31-19)15-4-2-3-14(11-15)17-5-8-23-21(25-17)24-16-6-10-30-13-16;;/h2-5,8,11-12,16,29H,6-7,9-10,13H2,1H3,(H,23,24,25);2*1H. The Hall–Kier alpha value is -3.30. The molecule has 2 aromatic heterocycles. The van der Waals surface area contributed by atoms with Gasteiger partial charge in [0.25, 0.3) is 5.91 Å². The molecule has 2 atom stereocenters. The Labute approximate surface area is 182 Å². The van der Waals surface area contributed by atoms with Crippen LogP contribution >= 0.6 is 0 Å². The third-order valence-electron chi connectivity index (χ3n) is 5.80. The zero-order valence-electron chi connectivity index (χ0n) is 17.1. The zero-order valence-corrected chi connectivity index (χ0v) is 17.1. The van der Waals surface area contributed by atoms with Crippen molar-refractivity contribution in [3.05, 3.63) is 48.4 Å². The number of rotatable bonds is 5. The second-order valence-corrected chi connectivity index (χ2v) is 7.96. The number of carbonyl (C=O) groups is 1. The van der Waals surface area contributed by atoms with Gasteiger partial charge in [-0.25, -0.2) is 9.97 Å². The molecule has 0 bridgehead atoms. The van der Waals surface area contributed by atoms with Crippen molar-refractivity contribution in [2.24, 2.45) is 0 Å². The van der Waals surface area contributed by atoms with Gasteiger partial charge in [0, 0.05) is 52.9 Å². The predicted molar refractivity (Wildman–Crippen MR) is 116 cm³/mol. The highest BCUT2D eigenvalue weighted by Gasteiger charge is 2.48. The molecule has 0 spiro atoms. The summed E-state index contributed by atoms with van der Waals surface area (Å²) in [5.41, 5.74) is 1.35. The lowest BCUT2D eigenvalue weighted by molar-refractivity contribution is -0.144. The van der Waals surface area contributed by atoms with Crippen molar-refractivity contribution in [1.29, 1.82) is 0 Å². The van der Waals surface area contributed by atoms with Crippen LogP contribution in [0.1, 0.15) is 21.5 Å². The van der Waals surface area contributed by atoms with Gasteiger partial charge in [0.1, 0.15) is 5.69 Å². The van der Waals surface area contributed by atoms with Crippen molar-refractivity contribution < 1.29 is 22.0 Å². The molecule has 4 heterocycles. The number of likely N-dealkylation sites (N-methyl/N-ethyl adjacent to an activating group) is 1. The number of anilines is 1. The van der Waals surface area contributed by atoms with Crippen molar-refractivity contribution in [2.45, 2.75) is 24.5 Å². The fourth-order valence-electron chi connectivity index (χ4n) is 3.95. The summed E-state index contributed by atoms with van der Waals surface area (Å²) in [5.74, 6) is 0.348. The largest absolute Gasteiger partial charge is 0.379 e. The third kappa shape index (κ3) is 3.66. The highest BCUT2D eigenvalue weighted by atomic mass is 16.5. The normalized spacial score (nSPS) is 23.5. The number of ether oxygens (including phenoxy) is 1. The van der Waals surface area contributed by atoms with Gasteiger partial charge < -0.3 is 24.6 Å². The van der Waals surface area contributed by atoms with Gasteiger partial charge in [0.05, 0.1) is 18.3 Å². The Bertz CT molecular complexity index is 1120. The number of aliphatic hydroxyl groups is 1. The van der Waals surface area contributed by atoms with Gasteiger partial charge in [0.15, 0.2) is 5.76 Å². The van der Waals surface area contributed by atoms with E-state index in [0.29, 0.717) is 24.8 Å². The van der Waals surface area contributed by atoms with E-state index in [1.165, 1.54) is 4.90 Å². The molecule has 2 N–H and O–H groups in total. The van der Waals surface area contributed by atoms with E-state index in [-0.39, 0.29) is 27.0 Å². The van der Waals surface area contributed by atoms with Crippen molar-refractivity contribution >= 4 is 11.9 Å². The summed E-state index contributed by atoms with van der Waals surface area (Å²) >= 11 is 0. The van der Waals surface area contributed by atoms with Gasteiger partial charge in [-0.1, -0.05) is 23.4 Å². The zero-order chi connectivity index (χ0) is 21.4. The summed E-state index contributed by atoms with van der Waals surface area (Å²) in [4.78, 5) is 22.8. The Balaban J connectivity index is 0.00000153. The van der Waals surface area contributed by atoms with E-state index in [1.807, 2.05) is 30.3 Å². The lowest BCUT2D eigenvalue weighted by Crippen LogP contribution is -2.35. The van der Waals surface area contributed by atoms with Crippen LogP contribution in [0.25, 0.3) is 22.5 Å². The molecule has 31 heavy (non-hydrogen) atoms. The Morgan fingerprint density at radius 2 is 2.10 bits per heavy atom. The topological polar surface area (TPSA) is 114 Å². The van der Waals surface area contributed by atoms with Crippen LogP contribution in [0.5, 0.6) is 0 Å². The number of likely N-dealkylation sites (tertiary alicyclic amines) is 1. The summed E-state index contributed by atoms with van der Waals surface area (Å²) in [7, 11) is 1.66.